The Labute approximate surface area is 193 Å². The van der Waals surface area contributed by atoms with Crippen molar-refractivity contribution in [1.82, 2.24) is 14.8 Å². The van der Waals surface area contributed by atoms with E-state index < -0.39 is 0 Å². The third-order valence-corrected chi connectivity index (χ3v) is 5.55. The van der Waals surface area contributed by atoms with Crippen LogP contribution in [0.15, 0.2) is 54.7 Å². The van der Waals surface area contributed by atoms with Gasteiger partial charge in [0.15, 0.2) is 17.4 Å². The largest absolute Gasteiger partial charge is 0.489 e. The molecule has 33 heavy (non-hydrogen) atoms. The maximum Gasteiger partial charge on any atom is 0.231 e. The van der Waals surface area contributed by atoms with Crippen molar-refractivity contribution in [2.45, 2.75) is 38.8 Å². The lowest BCUT2D eigenvalue weighted by molar-refractivity contribution is -0.118. The number of ether oxygens (including phenoxy) is 2. The number of carbonyl (C=O) groups is 2. The van der Waals surface area contributed by atoms with E-state index in [1.807, 2.05) is 54.1 Å². The number of amides is 1. The number of aromatic nitrogens is 3. The molecule has 0 bridgehead atoms. The second-order valence-corrected chi connectivity index (χ2v) is 7.89. The zero-order valence-electron chi connectivity index (χ0n) is 18.9. The lowest BCUT2D eigenvalue weighted by atomic mass is 10.0. The molecule has 0 radical (unpaired) electrons. The van der Waals surface area contributed by atoms with Gasteiger partial charge < -0.3 is 9.47 Å². The Kier molecular flexibility index (Phi) is 7.14. The van der Waals surface area contributed by atoms with E-state index >= 15 is 0 Å². The number of benzene rings is 1. The molecule has 2 aromatic heterocycles. The van der Waals surface area contributed by atoms with E-state index in [4.69, 9.17) is 9.47 Å². The minimum atomic E-state index is -0.124. The van der Waals surface area contributed by atoms with Crippen LogP contribution in [-0.4, -0.2) is 46.7 Å². The first-order valence-corrected chi connectivity index (χ1v) is 11.2. The molecule has 2 aliphatic rings. The molecule has 0 saturated carbocycles. The monoisotopic (exact) mass is 448 g/mol. The first-order chi connectivity index (χ1) is 16.1. The molecule has 0 N–H and O–H groups in total. The van der Waals surface area contributed by atoms with E-state index in [0.717, 1.165) is 17.7 Å². The van der Waals surface area contributed by atoms with Crippen molar-refractivity contribution in [3.8, 4) is 5.75 Å². The third-order valence-electron chi connectivity index (χ3n) is 5.55. The highest BCUT2D eigenvalue weighted by atomic mass is 16.5. The fourth-order valence-electron chi connectivity index (χ4n) is 3.83. The van der Waals surface area contributed by atoms with Crippen LogP contribution in [0, 0.1) is 0 Å². The summed E-state index contributed by atoms with van der Waals surface area (Å²) in [6.07, 6.45) is 3.33. The summed E-state index contributed by atoms with van der Waals surface area (Å²) in [6, 6.07) is 15.6. The van der Waals surface area contributed by atoms with Gasteiger partial charge in [-0.15, -0.1) is 0 Å². The minimum Gasteiger partial charge on any atom is -0.489 e. The quantitative estimate of drug-likeness (QED) is 0.564. The van der Waals surface area contributed by atoms with E-state index in [9.17, 15) is 9.59 Å². The summed E-state index contributed by atoms with van der Waals surface area (Å²) in [5, 5.41) is 4.43. The number of anilines is 1. The summed E-state index contributed by atoms with van der Waals surface area (Å²) in [7, 11) is 1.71. The van der Waals surface area contributed by atoms with E-state index in [-0.39, 0.29) is 17.8 Å². The standard InChI is InChI=1S/C16H18N2O2.C9H10N2O2/c1-2-6-15(19)13-11-14-16(12-7-4-3-5-8-12)20-10-9-18(14)17-13;1-11-8(12)4-6-13-7-3-2-5-10-9(7)11/h3-5,7-8,11,16H,2,6,9-10H2,1H3;2-3,5H,4,6H2,1H3. The lowest BCUT2D eigenvalue weighted by Crippen LogP contribution is -2.25. The Morgan fingerprint density at radius 1 is 1.15 bits per heavy atom. The van der Waals surface area contributed by atoms with Crippen LogP contribution in [0.4, 0.5) is 5.82 Å². The Hall–Kier alpha value is -3.52. The number of carbonyl (C=O) groups excluding carboxylic acids is 2. The molecule has 8 nitrogen and oxygen atoms in total. The Balaban J connectivity index is 0.000000172. The van der Waals surface area contributed by atoms with Gasteiger partial charge in [0.05, 0.1) is 31.9 Å². The van der Waals surface area contributed by atoms with Crippen molar-refractivity contribution in [3.63, 3.8) is 0 Å². The smallest absolute Gasteiger partial charge is 0.231 e. The van der Waals surface area contributed by atoms with Crippen molar-refractivity contribution >= 4 is 17.5 Å². The van der Waals surface area contributed by atoms with Crippen LogP contribution in [0.5, 0.6) is 5.75 Å². The molecule has 4 heterocycles. The fourth-order valence-corrected chi connectivity index (χ4v) is 3.83. The van der Waals surface area contributed by atoms with Crippen molar-refractivity contribution < 1.29 is 19.1 Å². The average molecular weight is 449 g/mol. The van der Waals surface area contributed by atoms with Gasteiger partial charge in [0.1, 0.15) is 11.8 Å². The molecule has 0 aliphatic carbocycles. The Morgan fingerprint density at radius 3 is 2.76 bits per heavy atom. The van der Waals surface area contributed by atoms with Gasteiger partial charge in [-0.1, -0.05) is 37.3 Å². The zero-order chi connectivity index (χ0) is 23.2. The molecule has 1 atom stereocenters. The first-order valence-electron chi connectivity index (χ1n) is 11.2. The molecular weight excluding hydrogens is 420 g/mol. The van der Waals surface area contributed by atoms with Gasteiger partial charge in [-0.05, 0) is 30.2 Å². The van der Waals surface area contributed by atoms with Crippen molar-refractivity contribution in [2.75, 3.05) is 25.2 Å². The van der Waals surface area contributed by atoms with Gasteiger partial charge >= 0.3 is 0 Å². The van der Waals surface area contributed by atoms with Crippen LogP contribution >= 0.6 is 0 Å². The van der Waals surface area contributed by atoms with Crippen molar-refractivity contribution in [3.05, 3.63) is 71.7 Å². The molecular formula is C25H28N4O4. The van der Waals surface area contributed by atoms with Crippen LogP contribution in [0.25, 0.3) is 0 Å². The van der Waals surface area contributed by atoms with Gasteiger partial charge in [0.2, 0.25) is 5.91 Å². The number of pyridine rings is 1. The minimum absolute atomic E-state index is 0.0393. The highest BCUT2D eigenvalue weighted by Crippen LogP contribution is 2.30. The normalized spacial score (nSPS) is 17.1. The number of hydrogen-bond donors (Lipinski definition) is 0. The number of ketones is 1. The van der Waals surface area contributed by atoms with Gasteiger partial charge in [0.25, 0.3) is 0 Å². The summed E-state index contributed by atoms with van der Waals surface area (Å²) in [4.78, 5) is 29.0. The maximum atomic E-state index is 12.0. The predicted molar refractivity (Wildman–Crippen MR) is 123 cm³/mol. The fraction of sp³-hybridized carbons (Fsp3) is 0.360. The number of hydrogen-bond acceptors (Lipinski definition) is 6. The molecule has 0 fully saturated rings. The molecule has 3 aromatic rings. The van der Waals surface area contributed by atoms with Gasteiger partial charge in [0, 0.05) is 19.7 Å². The van der Waals surface area contributed by atoms with E-state index in [1.54, 1.807) is 19.3 Å². The van der Waals surface area contributed by atoms with Crippen LogP contribution in [0.2, 0.25) is 0 Å². The molecule has 8 heteroatoms. The van der Waals surface area contributed by atoms with Crippen LogP contribution in [0.3, 0.4) is 0 Å². The number of fused-ring (bicyclic) bond motifs is 2. The Morgan fingerprint density at radius 2 is 1.97 bits per heavy atom. The Bertz CT molecular complexity index is 1110. The highest BCUT2D eigenvalue weighted by Gasteiger charge is 2.26. The first kappa shape index (κ1) is 22.7. The van der Waals surface area contributed by atoms with E-state index in [2.05, 4.69) is 10.1 Å². The summed E-state index contributed by atoms with van der Waals surface area (Å²) in [6.45, 7) is 3.76. The molecule has 1 amide bonds. The van der Waals surface area contributed by atoms with Gasteiger partial charge in [-0.3, -0.25) is 19.2 Å². The van der Waals surface area contributed by atoms with E-state index in [1.165, 1.54) is 4.90 Å². The number of Topliss-reactive ketones (excluding diaryl/α,β-unsaturated/α-hetero) is 1. The molecule has 0 spiro atoms. The third kappa shape index (κ3) is 5.12. The van der Waals surface area contributed by atoms with Crippen molar-refractivity contribution in [2.24, 2.45) is 0 Å². The maximum absolute atomic E-state index is 12.0. The van der Waals surface area contributed by atoms with Crippen LogP contribution in [-0.2, 0) is 16.1 Å². The molecule has 172 valence electrons. The molecule has 2 aliphatic heterocycles. The van der Waals surface area contributed by atoms with Crippen LogP contribution in [0.1, 0.15) is 54.0 Å². The molecule has 1 unspecified atom stereocenters. The van der Waals surface area contributed by atoms with Crippen molar-refractivity contribution in [1.29, 1.82) is 0 Å². The van der Waals surface area contributed by atoms with Crippen LogP contribution < -0.4 is 9.64 Å². The van der Waals surface area contributed by atoms with Gasteiger partial charge in [-0.25, -0.2) is 4.98 Å². The summed E-state index contributed by atoms with van der Waals surface area (Å²) in [5.41, 5.74) is 2.64. The molecule has 5 rings (SSSR count). The zero-order valence-corrected chi connectivity index (χ0v) is 18.9. The highest BCUT2D eigenvalue weighted by molar-refractivity contribution is 5.94. The number of nitrogens with zero attached hydrogens (tertiary/aromatic N) is 4. The SMILES string of the molecule is CCCC(=O)c1cc2n(n1)CCOC2c1ccccc1.CN1C(=O)CCOc2cccnc21. The average Bonchev–Trinajstić information content (AvgIpc) is 3.24. The summed E-state index contributed by atoms with van der Waals surface area (Å²) < 4.78 is 13.1. The summed E-state index contributed by atoms with van der Waals surface area (Å²) in [5.74, 6) is 1.43. The number of rotatable bonds is 4. The van der Waals surface area contributed by atoms with Gasteiger partial charge in [-0.2, -0.15) is 5.10 Å². The molecule has 1 aromatic carbocycles. The topological polar surface area (TPSA) is 86.6 Å². The van der Waals surface area contributed by atoms with E-state index in [0.29, 0.717) is 49.9 Å². The second kappa shape index (κ2) is 10.4. The predicted octanol–water partition coefficient (Wildman–Crippen LogP) is 3.81. The summed E-state index contributed by atoms with van der Waals surface area (Å²) >= 11 is 0. The molecule has 0 saturated heterocycles. The second-order valence-electron chi connectivity index (χ2n) is 7.89. The lowest BCUT2D eigenvalue weighted by Gasteiger charge is -2.24.